The van der Waals surface area contributed by atoms with E-state index in [2.05, 4.69) is 0 Å². The summed E-state index contributed by atoms with van der Waals surface area (Å²) < 4.78 is 22.6. The van der Waals surface area contributed by atoms with Crippen LogP contribution in [0.15, 0.2) is 63.8 Å². The van der Waals surface area contributed by atoms with Gasteiger partial charge in [0.15, 0.2) is 23.0 Å². The maximum absolute atomic E-state index is 12.6. The molecular formula is C26H24O10. The van der Waals surface area contributed by atoms with Gasteiger partial charge in [-0.3, -0.25) is 4.79 Å². The largest absolute Gasteiger partial charge is 0.508 e. The van der Waals surface area contributed by atoms with Crippen molar-refractivity contribution in [1.29, 1.82) is 0 Å². The molecule has 36 heavy (non-hydrogen) atoms. The Labute approximate surface area is 204 Å². The molecule has 0 radical (unpaired) electrons. The Morgan fingerprint density at radius 1 is 0.889 bits per heavy atom. The smallest absolute Gasteiger partial charge is 0.204 e. The first-order valence-electron chi connectivity index (χ1n) is 10.8. The highest BCUT2D eigenvalue weighted by Gasteiger charge is 2.26. The van der Waals surface area contributed by atoms with E-state index in [9.17, 15) is 30.3 Å². The molecule has 0 aliphatic rings. The Balaban J connectivity index is 1.75. The number of phenols is 3. The van der Waals surface area contributed by atoms with E-state index in [-0.39, 0.29) is 45.5 Å². The second kappa shape index (κ2) is 10.1. The molecule has 3 aromatic carbocycles. The Morgan fingerprint density at radius 3 is 2.11 bits per heavy atom. The summed E-state index contributed by atoms with van der Waals surface area (Å²) in [6.07, 6.45) is -2.36. The number of benzene rings is 3. The normalized spacial score (nSPS) is 12.8. The zero-order chi connectivity index (χ0) is 26.0. The van der Waals surface area contributed by atoms with Gasteiger partial charge in [-0.15, -0.1) is 0 Å². The summed E-state index contributed by atoms with van der Waals surface area (Å²) >= 11 is 0. The first kappa shape index (κ1) is 24.7. The number of fused-ring (bicyclic) bond motifs is 1. The molecule has 0 bridgehead atoms. The monoisotopic (exact) mass is 496 g/mol. The molecular weight excluding hydrogens is 472 g/mol. The lowest BCUT2D eigenvalue weighted by molar-refractivity contribution is -0.00164. The van der Waals surface area contributed by atoms with Gasteiger partial charge >= 0.3 is 0 Å². The van der Waals surface area contributed by atoms with Crippen molar-refractivity contribution in [3.63, 3.8) is 0 Å². The molecule has 10 heteroatoms. The zero-order valence-electron chi connectivity index (χ0n) is 19.3. The van der Waals surface area contributed by atoms with Gasteiger partial charge in [0.1, 0.15) is 40.1 Å². The molecule has 0 fully saturated rings. The number of phenolic OH excluding ortho intramolecular Hbond substituents is 3. The average molecular weight is 496 g/mol. The van der Waals surface area contributed by atoms with Crippen molar-refractivity contribution in [2.24, 2.45) is 0 Å². The molecule has 2 atom stereocenters. The van der Waals surface area contributed by atoms with Crippen LogP contribution in [0.3, 0.4) is 0 Å². The van der Waals surface area contributed by atoms with E-state index in [0.717, 1.165) is 6.07 Å². The molecule has 0 amide bonds. The summed E-state index contributed by atoms with van der Waals surface area (Å²) in [5, 5.41) is 49.8. The van der Waals surface area contributed by atoms with E-state index >= 15 is 0 Å². The van der Waals surface area contributed by atoms with Gasteiger partial charge in [-0.2, -0.15) is 0 Å². The highest BCUT2D eigenvalue weighted by molar-refractivity contribution is 5.86. The summed E-state index contributed by atoms with van der Waals surface area (Å²) in [5.41, 5.74) is 0.216. The fraction of sp³-hybridized carbons (Fsp3) is 0.192. The molecule has 0 saturated carbocycles. The first-order chi connectivity index (χ1) is 17.2. The minimum absolute atomic E-state index is 0.0226. The molecule has 4 rings (SSSR count). The second-order valence-corrected chi connectivity index (χ2v) is 7.90. The van der Waals surface area contributed by atoms with Crippen LogP contribution in [0, 0.1) is 0 Å². The summed E-state index contributed by atoms with van der Waals surface area (Å²) in [6.45, 7) is -0.553. The number of methoxy groups -OCH3 is 2. The van der Waals surface area contributed by atoms with Crippen LogP contribution in [0.1, 0.15) is 11.7 Å². The van der Waals surface area contributed by atoms with E-state index < -0.39 is 30.0 Å². The SMILES string of the molecule is COc1cc(-c2cc(=O)c3c(O)cc(O)cc3o2)cc(OC)c1O[C@H](CO)[C@H](O)c1ccc(O)cc1. The molecule has 188 valence electrons. The number of hydrogen-bond acceptors (Lipinski definition) is 10. The molecule has 1 heterocycles. The van der Waals surface area contributed by atoms with Crippen molar-refractivity contribution in [1.82, 2.24) is 0 Å². The van der Waals surface area contributed by atoms with E-state index in [0.29, 0.717) is 11.1 Å². The van der Waals surface area contributed by atoms with Gasteiger partial charge in [0.2, 0.25) is 5.75 Å². The van der Waals surface area contributed by atoms with Crippen LogP contribution < -0.4 is 19.6 Å². The van der Waals surface area contributed by atoms with Crippen molar-refractivity contribution >= 4 is 11.0 Å². The minimum Gasteiger partial charge on any atom is -0.508 e. The van der Waals surface area contributed by atoms with Crippen molar-refractivity contribution in [3.05, 3.63) is 70.4 Å². The van der Waals surface area contributed by atoms with Gasteiger partial charge in [-0.05, 0) is 29.8 Å². The van der Waals surface area contributed by atoms with Crippen molar-refractivity contribution in [2.75, 3.05) is 20.8 Å². The summed E-state index contributed by atoms with van der Waals surface area (Å²) in [6, 6.07) is 12.3. The number of hydrogen-bond donors (Lipinski definition) is 5. The average Bonchev–Trinajstić information content (AvgIpc) is 2.86. The Hall–Kier alpha value is -4.41. The quantitative estimate of drug-likeness (QED) is 0.245. The van der Waals surface area contributed by atoms with Gasteiger partial charge in [0.25, 0.3) is 0 Å². The third-order valence-corrected chi connectivity index (χ3v) is 5.58. The van der Waals surface area contributed by atoms with Crippen LogP contribution in [-0.2, 0) is 0 Å². The predicted molar refractivity (Wildman–Crippen MR) is 129 cm³/mol. The van der Waals surface area contributed by atoms with E-state index in [4.69, 9.17) is 18.6 Å². The lowest BCUT2D eigenvalue weighted by Crippen LogP contribution is -2.29. The number of ether oxygens (including phenoxy) is 3. The summed E-state index contributed by atoms with van der Waals surface area (Å²) in [5.74, 6) is -0.169. The maximum atomic E-state index is 12.6. The molecule has 10 nitrogen and oxygen atoms in total. The number of rotatable bonds is 8. The fourth-order valence-corrected chi connectivity index (χ4v) is 3.77. The molecule has 5 N–H and O–H groups in total. The van der Waals surface area contributed by atoms with Crippen LogP contribution >= 0.6 is 0 Å². The standard InChI is InChI=1S/C26H24O10/c1-33-21-7-14(19-11-18(31)24-17(30)9-16(29)10-20(24)35-19)8-22(34-2)26(21)36-23(12-27)25(32)13-3-5-15(28)6-4-13/h3-11,23,25,27-30,32H,12H2,1-2H3/t23-,25-/m1/s1. The molecule has 0 saturated heterocycles. The van der Waals surface area contributed by atoms with E-state index in [1.807, 2.05) is 0 Å². The predicted octanol–water partition coefficient (Wildman–Crippen LogP) is 3.07. The van der Waals surface area contributed by atoms with E-state index in [1.165, 1.54) is 62.8 Å². The third kappa shape index (κ3) is 4.72. The Bertz CT molecular complexity index is 1420. The van der Waals surface area contributed by atoms with Gasteiger partial charge in [0, 0.05) is 23.8 Å². The first-order valence-corrected chi connectivity index (χ1v) is 10.8. The van der Waals surface area contributed by atoms with Gasteiger partial charge < -0.3 is 44.2 Å². The minimum atomic E-state index is -1.25. The van der Waals surface area contributed by atoms with E-state index in [1.54, 1.807) is 0 Å². The molecule has 0 aliphatic heterocycles. The summed E-state index contributed by atoms with van der Waals surface area (Å²) in [7, 11) is 2.75. The summed E-state index contributed by atoms with van der Waals surface area (Å²) in [4.78, 5) is 12.6. The molecule has 0 aliphatic carbocycles. The van der Waals surface area contributed by atoms with Crippen LogP contribution in [0.5, 0.6) is 34.5 Å². The fourth-order valence-electron chi connectivity index (χ4n) is 3.77. The number of aliphatic hydroxyl groups is 2. The van der Waals surface area contributed by atoms with Gasteiger partial charge in [0.05, 0.1) is 20.8 Å². The van der Waals surface area contributed by atoms with Crippen LogP contribution in [0.2, 0.25) is 0 Å². The van der Waals surface area contributed by atoms with Crippen LogP contribution in [0.4, 0.5) is 0 Å². The van der Waals surface area contributed by atoms with Crippen molar-refractivity contribution < 1.29 is 44.2 Å². The number of aliphatic hydroxyl groups excluding tert-OH is 2. The van der Waals surface area contributed by atoms with Gasteiger partial charge in [-0.25, -0.2) is 0 Å². The Kier molecular flexibility index (Phi) is 6.91. The topological polar surface area (TPSA) is 159 Å². The maximum Gasteiger partial charge on any atom is 0.204 e. The number of aromatic hydroxyl groups is 3. The lowest BCUT2D eigenvalue weighted by Gasteiger charge is -2.25. The second-order valence-electron chi connectivity index (χ2n) is 7.90. The lowest BCUT2D eigenvalue weighted by atomic mass is 10.0. The molecule has 4 aromatic rings. The molecule has 0 spiro atoms. The Morgan fingerprint density at radius 2 is 1.53 bits per heavy atom. The highest BCUT2D eigenvalue weighted by Crippen LogP contribution is 2.43. The van der Waals surface area contributed by atoms with Gasteiger partial charge in [-0.1, -0.05) is 12.1 Å². The zero-order valence-corrected chi connectivity index (χ0v) is 19.3. The van der Waals surface area contributed by atoms with Crippen LogP contribution in [0.25, 0.3) is 22.3 Å². The molecule has 1 aromatic heterocycles. The highest BCUT2D eigenvalue weighted by atomic mass is 16.6. The van der Waals surface area contributed by atoms with Crippen LogP contribution in [-0.4, -0.2) is 52.5 Å². The molecule has 0 unspecified atom stereocenters. The van der Waals surface area contributed by atoms with Crippen molar-refractivity contribution in [3.8, 4) is 45.8 Å². The third-order valence-electron chi connectivity index (χ3n) is 5.58. The van der Waals surface area contributed by atoms with Crippen molar-refractivity contribution in [2.45, 2.75) is 12.2 Å².